The summed E-state index contributed by atoms with van der Waals surface area (Å²) in [5.74, 6) is 0. The molecule has 0 aliphatic heterocycles. The van der Waals surface area contributed by atoms with Gasteiger partial charge in [0.25, 0.3) is 10.1 Å². The lowest BCUT2D eigenvalue weighted by atomic mass is 10.0. The predicted octanol–water partition coefficient (Wildman–Crippen LogP) is 2.91. The highest BCUT2D eigenvalue weighted by Crippen LogP contribution is 2.30. The number of benzene rings is 1. The van der Waals surface area contributed by atoms with Gasteiger partial charge in [0.2, 0.25) is 0 Å². The fourth-order valence-corrected chi connectivity index (χ4v) is 4.08. The summed E-state index contributed by atoms with van der Waals surface area (Å²) in [7, 11) is -4.71. The topological polar surface area (TPSA) is 60.4 Å². The second-order valence-electron chi connectivity index (χ2n) is 5.28. The van der Waals surface area contributed by atoms with Gasteiger partial charge in [-0.2, -0.15) is 8.42 Å². The van der Waals surface area contributed by atoms with E-state index in [0.717, 1.165) is 52.9 Å². The highest BCUT2D eigenvalue weighted by molar-refractivity contribution is 7.89. The van der Waals surface area contributed by atoms with Crippen molar-refractivity contribution in [1.29, 1.82) is 0 Å². The van der Waals surface area contributed by atoms with Crippen LogP contribution in [0.15, 0.2) is 39.6 Å². The van der Waals surface area contributed by atoms with Gasteiger partial charge in [-0.05, 0) is 50.3 Å². The minimum absolute atomic E-state index is 0.0196. The van der Waals surface area contributed by atoms with Crippen molar-refractivity contribution in [3.8, 4) is 0 Å². The first-order chi connectivity index (χ1) is 9.87. The number of hydrogen-bond donors (Lipinski definition) is 0. The quantitative estimate of drug-likeness (QED) is 0.780. The Morgan fingerprint density at radius 1 is 1.14 bits per heavy atom. The van der Waals surface area contributed by atoms with E-state index < -0.39 is 20.9 Å². The first kappa shape index (κ1) is 16.4. The maximum absolute atomic E-state index is 12.7. The summed E-state index contributed by atoms with van der Waals surface area (Å²) in [5, 5.41) is 0. The lowest BCUT2D eigenvalue weighted by molar-refractivity contribution is 0.344. The van der Waals surface area contributed by atoms with Crippen LogP contribution in [0.1, 0.15) is 31.2 Å². The standard InChI is InChI=1S/C15H20O4S2/c1-12-7-9-14(10-8-12)20(16)15-6-4-3-5-13(15)11-19-21(2,17)18/h7-10H,3-6,11H2,1-2H3. The van der Waals surface area contributed by atoms with Crippen molar-refractivity contribution in [3.63, 3.8) is 0 Å². The monoisotopic (exact) mass is 328 g/mol. The molecule has 1 aromatic rings. The zero-order valence-electron chi connectivity index (χ0n) is 12.3. The third-order valence-electron chi connectivity index (χ3n) is 3.43. The second kappa shape index (κ2) is 6.85. The fourth-order valence-electron chi connectivity index (χ4n) is 2.30. The molecule has 21 heavy (non-hydrogen) atoms. The SMILES string of the molecule is Cc1ccc(S(=O)C2=C(COS(C)(=O)=O)CCCC2)cc1. The minimum atomic E-state index is -3.48. The first-order valence-corrected chi connectivity index (χ1v) is 9.87. The number of rotatable bonds is 5. The van der Waals surface area contributed by atoms with E-state index >= 15 is 0 Å². The van der Waals surface area contributed by atoms with Gasteiger partial charge in [-0.25, -0.2) is 4.21 Å². The third kappa shape index (κ3) is 4.76. The van der Waals surface area contributed by atoms with Gasteiger partial charge in [0.15, 0.2) is 0 Å². The lowest BCUT2D eigenvalue weighted by Gasteiger charge is -2.19. The number of allylic oxidation sites excluding steroid dienone is 1. The maximum atomic E-state index is 12.7. The average Bonchev–Trinajstić information content (AvgIpc) is 2.45. The van der Waals surface area contributed by atoms with Crippen molar-refractivity contribution in [2.24, 2.45) is 0 Å². The molecule has 0 N–H and O–H groups in total. The number of hydrogen-bond acceptors (Lipinski definition) is 4. The van der Waals surface area contributed by atoms with Crippen LogP contribution in [0.5, 0.6) is 0 Å². The van der Waals surface area contributed by atoms with Crippen LogP contribution in [0.3, 0.4) is 0 Å². The Morgan fingerprint density at radius 3 is 2.38 bits per heavy atom. The van der Waals surface area contributed by atoms with Crippen LogP contribution in [-0.4, -0.2) is 25.5 Å². The Bertz CT molecular complexity index is 657. The van der Waals surface area contributed by atoms with Gasteiger partial charge < -0.3 is 0 Å². The van der Waals surface area contributed by atoms with E-state index in [1.54, 1.807) is 0 Å². The highest BCUT2D eigenvalue weighted by atomic mass is 32.2. The Labute approximate surface area is 128 Å². The molecule has 6 heteroatoms. The van der Waals surface area contributed by atoms with Crippen LogP contribution in [0, 0.1) is 6.92 Å². The van der Waals surface area contributed by atoms with Gasteiger partial charge in [-0.15, -0.1) is 0 Å². The minimum Gasteiger partial charge on any atom is -0.266 e. The summed E-state index contributed by atoms with van der Waals surface area (Å²) >= 11 is 0. The zero-order chi connectivity index (χ0) is 15.5. The molecule has 1 aliphatic rings. The van der Waals surface area contributed by atoms with Gasteiger partial charge in [0.1, 0.15) is 0 Å². The molecule has 116 valence electrons. The molecule has 2 rings (SSSR count). The molecule has 0 saturated carbocycles. The highest BCUT2D eigenvalue weighted by Gasteiger charge is 2.20. The fraction of sp³-hybridized carbons (Fsp3) is 0.467. The van der Waals surface area contributed by atoms with Gasteiger partial charge in [0.05, 0.1) is 23.7 Å². The molecule has 1 aliphatic carbocycles. The van der Waals surface area contributed by atoms with Crippen LogP contribution >= 0.6 is 0 Å². The normalized spacial score (nSPS) is 17.8. The Balaban J connectivity index is 2.25. The molecule has 1 aromatic carbocycles. The van der Waals surface area contributed by atoms with Crippen LogP contribution in [0.4, 0.5) is 0 Å². The second-order valence-corrected chi connectivity index (χ2v) is 8.43. The van der Waals surface area contributed by atoms with Gasteiger partial charge in [-0.3, -0.25) is 4.18 Å². The van der Waals surface area contributed by atoms with Crippen molar-refractivity contribution >= 4 is 20.9 Å². The van der Waals surface area contributed by atoms with Crippen molar-refractivity contribution < 1.29 is 16.8 Å². The smallest absolute Gasteiger partial charge is 0.264 e. The summed E-state index contributed by atoms with van der Waals surface area (Å²) < 4.78 is 39.9. The van der Waals surface area contributed by atoms with Crippen molar-refractivity contribution in [1.82, 2.24) is 0 Å². The number of aryl methyl sites for hydroxylation is 1. The molecule has 0 saturated heterocycles. The summed E-state index contributed by atoms with van der Waals surface area (Å²) in [6.45, 7) is 2.00. The van der Waals surface area contributed by atoms with E-state index in [1.165, 1.54) is 0 Å². The van der Waals surface area contributed by atoms with E-state index in [0.29, 0.717) is 0 Å². The van der Waals surface area contributed by atoms with Gasteiger partial charge in [-0.1, -0.05) is 17.7 Å². The van der Waals surface area contributed by atoms with Crippen LogP contribution in [0.25, 0.3) is 0 Å². The first-order valence-electron chi connectivity index (χ1n) is 6.90. The molecular formula is C15H20O4S2. The Morgan fingerprint density at radius 2 is 1.76 bits per heavy atom. The molecular weight excluding hydrogens is 308 g/mol. The molecule has 0 fully saturated rings. The molecule has 1 unspecified atom stereocenters. The van der Waals surface area contributed by atoms with Crippen molar-refractivity contribution in [2.75, 3.05) is 12.9 Å². The van der Waals surface area contributed by atoms with Gasteiger partial charge in [0, 0.05) is 9.80 Å². The predicted molar refractivity (Wildman–Crippen MR) is 83.9 cm³/mol. The molecule has 0 aromatic heterocycles. The summed E-state index contributed by atoms with van der Waals surface area (Å²) in [6.07, 6.45) is 4.49. The van der Waals surface area contributed by atoms with Crippen molar-refractivity contribution in [3.05, 3.63) is 40.3 Å². The molecule has 0 amide bonds. The molecule has 0 radical (unpaired) electrons. The van der Waals surface area contributed by atoms with E-state index in [4.69, 9.17) is 4.18 Å². The van der Waals surface area contributed by atoms with E-state index in [2.05, 4.69) is 0 Å². The third-order valence-corrected chi connectivity index (χ3v) is 5.62. The molecule has 4 nitrogen and oxygen atoms in total. The lowest BCUT2D eigenvalue weighted by Crippen LogP contribution is -2.13. The average molecular weight is 328 g/mol. The summed E-state index contributed by atoms with van der Waals surface area (Å²) in [5.41, 5.74) is 1.99. The zero-order valence-corrected chi connectivity index (χ0v) is 13.9. The van der Waals surface area contributed by atoms with Crippen LogP contribution < -0.4 is 0 Å². The van der Waals surface area contributed by atoms with Crippen LogP contribution in [0.2, 0.25) is 0 Å². The van der Waals surface area contributed by atoms with E-state index in [9.17, 15) is 12.6 Å². The molecule has 0 heterocycles. The molecule has 0 bridgehead atoms. The Hall–Kier alpha value is -0.980. The van der Waals surface area contributed by atoms with Crippen LogP contribution in [-0.2, 0) is 25.1 Å². The maximum Gasteiger partial charge on any atom is 0.264 e. The van der Waals surface area contributed by atoms with E-state index in [-0.39, 0.29) is 6.61 Å². The molecule has 0 spiro atoms. The summed E-state index contributed by atoms with van der Waals surface area (Å²) in [4.78, 5) is 1.59. The molecule has 1 atom stereocenters. The summed E-state index contributed by atoms with van der Waals surface area (Å²) in [6, 6.07) is 7.59. The van der Waals surface area contributed by atoms with E-state index in [1.807, 2.05) is 31.2 Å². The van der Waals surface area contributed by atoms with Gasteiger partial charge >= 0.3 is 0 Å². The van der Waals surface area contributed by atoms with Crippen molar-refractivity contribution in [2.45, 2.75) is 37.5 Å². The Kier molecular flexibility index (Phi) is 5.35. The largest absolute Gasteiger partial charge is 0.266 e.